The first-order chi connectivity index (χ1) is 31.0. The van der Waals surface area contributed by atoms with Crippen LogP contribution in [0.4, 0.5) is 0 Å². The van der Waals surface area contributed by atoms with Crippen molar-refractivity contribution < 1.29 is 43.0 Å². The van der Waals surface area contributed by atoms with E-state index in [1.54, 1.807) is 48.5 Å². The molecule has 332 valence electrons. The van der Waals surface area contributed by atoms with Crippen LogP contribution in [0, 0.1) is 0 Å². The van der Waals surface area contributed by atoms with E-state index >= 15 is 0 Å². The van der Waals surface area contributed by atoms with E-state index in [1.165, 1.54) is 6.07 Å². The summed E-state index contributed by atoms with van der Waals surface area (Å²) in [7, 11) is 0. The Bertz CT molecular complexity index is 2850. The summed E-state index contributed by atoms with van der Waals surface area (Å²) < 4.78 is 48.8. The largest absolute Gasteiger partial charge is 0.504 e. The van der Waals surface area contributed by atoms with Gasteiger partial charge in [-0.05, 0) is 158 Å². The predicted molar refractivity (Wildman–Crippen MR) is 260 cm³/mol. The molecule has 0 saturated carbocycles. The van der Waals surface area contributed by atoms with Crippen LogP contribution in [-0.4, -0.2) is 5.11 Å². The van der Waals surface area contributed by atoms with E-state index in [0.717, 1.165) is 11.5 Å². The fraction of sp³-hybridized carbons (Fsp3) is 0.0526. The lowest BCUT2D eigenvalue weighted by Crippen LogP contribution is -1.93. The first kappa shape index (κ1) is 46.7. The molecule has 0 amide bonds. The molecule has 0 aromatic heterocycles. The molecule has 0 aliphatic heterocycles. The van der Waals surface area contributed by atoms with Crippen LogP contribution in [0.1, 0.15) is 22.3 Å². The van der Waals surface area contributed by atoms with E-state index in [1.807, 2.05) is 170 Å². The summed E-state index contributed by atoms with van der Waals surface area (Å²) in [6.45, 7) is 0. The average Bonchev–Trinajstić information content (AvgIpc) is 3.32. The smallest absolute Gasteiger partial charge is 0.173 e. The Morgan fingerprint density at radius 3 is 0.773 bits per heavy atom. The standard InChI is InChI=1S/C54H38O9.3CH4/c55-51-34-32-49(60-45-18-16-41(17-19-45)56-38-10-4-1-5-11-38)36-53(51)62-47-28-22-44(23-29-47)58-43-20-26-46(27-21-43)61-52-35-33-50(59-40-14-8-3-9-15-40)37-54(52)63-48-30-24-42(25-31-48)57-39-12-6-2-7-13-39;;;/h1-37,55H;3*1H4. The number of hydrogen-bond acceptors (Lipinski definition) is 9. The highest BCUT2D eigenvalue weighted by Gasteiger charge is 2.13. The average molecular weight is 879 g/mol. The van der Waals surface area contributed by atoms with Crippen molar-refractivity contribution in [1.82, 2.24) is 0 Å². The molecule has 0 aliphatic carbocycles. The molecule has 66 heavy (non-hydrogen) atoms. The van der Waals surface area contributed by atoms with Crippen LogP contribution in [0.3, 0.4) is 0 Å². The molecule has 0 fully saturated rings. The van der Waals surface area contributed by atoms with E-state index < -0.39 is 0 Å². The summed E-state index contributed by atoms with van der Waals surface area (Å²) >= 11 is 0. The van der Waals surface area contributed by atoms with Crippen LogP contribution >= 0.6 is 0 Å². The second-order valence-corrected chi connectivity index (χ2v) is 13.9. The Hall–Kier alpha value is -8.82. The second-order valence-electron chi connectivity index (χ2n) is 13.9. The number of phenols is 1. The molecule has 0 spiro atoms. The first-order valence-electron chi connectivity index (χ1n) is 20.0. The third kappa shape index (κ3) is 12.6. The Morgan fingerprint density at radius 2 is 0.424 bits per heavy atom. The lowest BCUT2D eigenvalue weighted by molar-refractivity contribution is 0.404. The first-order valence-corrected chi connectivity index (χ1v) is 20.0. The maximum atomic E-state index is 10.6. The molecule has 9 aromatic carbocycles. The zero-order valence-electron chi connectivity index (χ0n) is 33.6. The normalized spacial score (nSPS) is 10.1. The summed E-state index contributed by atoms with van der Waals surface area (Å²) in [5, 5.41) is 10.6. The molecule has 0 radical (unpaired) electrons. The third-order valence-electron chi connectivity index (χ3n) is 9.23. The molecule has 1 N–H and O–H groups in total. The van der Waals surface area contributed by atoms with E-state index in [-0.39, 0.29) is 33.8 Å². The van der Waals surface area contributed by atoms with E-state index in [4.69, 9.17) is 37.9 Å². The fourth-order valence-corrected chi connectivity index (χ4v) is 6.19. The van der Waals surface area contributed by atoms with Gasteiger partial charge in [0, 0.05) is 12.1 Å². The topological polar surface area (TPSA) is 94.1 Å². The van der Waals surface area contributed by atoms with Crippen LogP contribution in [0.15, 0.2) is 224 Å². The van der Waals surface area contributed by atoms with Gasteiger partial charge in [0.25, 0.3) is 0 Å². The maximum Gasteiger partial charge on any atom is 0.173 e. The van der Waals surface area contributed by atoms with Crippen molar-refractivity contribution in [2.24, 2.45) is 0 Å². The number of para-hydroxylation sites is 3. The van der Waals surface area contributed by atoms with Gasteiger partial charge < -0.3 is 43.0 Å². The van der Waals surface area contributed by atoms with Gasteiger partial charge in [0.1, 0.15) is 74.7 Å². The Labute approximate surface area is 386 Å². The molecular formula is C57H50O9. The summed E-state index contributed by atoms with van der Waals surface area (Å²) in [5.74, 6) is 9.20. The number of hydrogen-bond donors (Lipinski definition) is 1. The number of benzene rings is 9. The quantitative estimate of drug-likeness (QED) is 0.102. The van der Waals surface area contributed by atoms with Crippen LogP contribution < -0.4 is 37.9 Å². The van der Waals surface area contributed by atoms with E-state index in [9.17, 15) is 5.11 Å². The highest BCUT2D eigenvalue weighted by atomic mass is 16.5. The predicted octanol–water partition coefficient (Wildman–Crippen LogP) is 17.6. The summed E-state index contributed by atoms with van der Waals surface area (Å²) in [4.78, 5) is 0. The molecule has 0 aliphatic rings. The molecule has 9 rings (SSSR count). The molecule has 0 bridgehead atoms. The highest BCUT2D eigenvalue weighted by Crippen LogP contribution is 2.41. The molecule has 9 aromatic rings. The zero-order valence-corrected chi connectivity index (χ0v) is 33.6. The summed E-state index contributed by atoms with van der Waals surface area (Å²) in [6, 6.07) is 67.8. The van der Waals surface area contributed by atoms with Gasteiger partial charge in [-0.2, -0.15) is 0 Å². The highest BCUT2D eigenvalue weighted by molar-refractivity contribution is 5.52. The van der Waals surface area contributed by atoms with Crippen LogP contribution in [0.2, 0.25) is 0 Å². The van der Waals surface area contributed by atoms with Crippen molar-refractivity contribution in [1.29, 1.82) is 0 Å². The van der Waals surface area contributed by atoms with E-state index in [2.05, 4.69) is 0 Å². The number of rotatable bonds is 16. The van der Waals surface area contributed by atoms with Gasteiger partial charge >= 0.3 is 0 Å². The molecule has 0 unspecified atom stereocenters. The zero-order chi connectivity index (χ0) is 42.6. The molecular weight excluding hydrogens is 829 g/mol. The minimum atomic E-state index is -0.0324. The van der Waals surface area contributed by atoms with Gasteiger partial charge in [-0.3, -0.25) is 0 Å². The minimum Gasteiger partial charge on any atom is -0.504 e. The lowest BCUT2D eigenvalue weighted by Gasteiger charge is -2.15. The van der Waals surface area contributed by atoms with Gasteiger partial charge in [-0.15, -0.1) is 0 Å². The fourth-order valence-electron chi connectivity index (χ4n) is 6.19. The Kier molecular flexibility index (Phi) is 15.9. The van der Waals surface area contributed by atoms with Crippen molar-refractivity contribution in [3.05, 3.63) is 224 Å². The van der Waals surface area contributed by atoms with Crippen LogP contribution in [0.5, 0.6) is 97.7 Å². The number of phenolic OH excluding ortho intramolecular Hbond substituents is 1. The van der Waals surface area contributed by atoms with Crippen LogP contribution in [-0.2, 0) is 0 Å². The SMILES string of the molecule is C.C.C.Oc1ccc(Oc2ccc(Oc3ccccc3)cc2)cc1Oc1ccc(Oc2ccc(Oc3ccc(Oc4ccccc4)cc3Oc3ccc(Oc4ccccc4)cc3)cc2)cc1. The third-order valence-corrected chi connectivity index (χ3v) is 9.23. The summed E-state index contributed by atoms with van der Waals surface area (Å²) in [5.41, 5.74) is 0. The van der Waals surface area contributed by atoms with Crippen molar-refractivity contribution in [2.45, 2.75) is 22.3 Å². The molecule has 0 saturated heterocycles. The Balaban J connectivity index is 0.00000240. The van der Waals surface area contributed by atoms with Crippen molar-refractivity contribution in [3.8, 4) is 97.7 Å². The van der Waals surface area contributed by atoms with Gasteiger partial charge in [-0.1, -0.05) is 76.9 Å². The number of aromatic hydroxyl groups is 1. The van der Waals surface area contributed by atoms with Gasteiger partial charge in [0.15, 0.2) is 23.0 Å². The van der Waals surface area contributed by atoms with Gasteiger partial charge in [0.05, 0.1) is 0 Å². The molecule has 9 nitrogen and oxygen atoms in total. The van der Waals surface area contributed by atoms with Crippen LogP contribution in [0.25, 0.3) is 0 Å². The van der Waals surface area contributed by atoms with Gasteiger partial charge in [-0.25, -0.2) is 0 Å². The Morgan fingerprint density at radius 1 is 0.197 bits per heavy atom. The summed E-state index contributed by atoms with van der Waals surface area (Å²) in [6.07, 6.45) is 0. The van der Waals surface area contributed by atoms with Crippen molar-refractivity contribution >= 4 is 0 Å². The van der Waals surface area contributed by atoms with Crippen molar-refractivity contribution in [3.63, 3.8) is 0 Å². The molecule has 0 heterocycles. The monoisotopic (exact) mass is 878 g/mol. The molecule has 0 atom stereocenters. The van der Waals surface area contributed by atoms with E-state index in [0.29, 0.717) is 74.7 Å². The second kappa shape index (κ2) is 22.5. The minimum absolute atomic E-state index is 0. The number of ether oxygens (including phenoxy) is 8. The molecule has 9 heteroatoms. The maximum absolute atomic E-state index is 10.6. The van der Waals surface area contributed by atoms with Gasteiger partial charge in [0.2, 0.25) is 0 Å². The lowest BCUT2D eigenvalue weighted by atomic mass is 10.2. The van der Waals surface area contributed by atoms with Crippen molar-refractivity contribution in [2.75, 3.05) is 0 Å².